The van der Waals surface area contributed by atoms with Gasteiger partial charge in [0.2, 0.25) is 0 Å². The zero-order valence-electron chi connectivity index (χ0n) is 9.52. The molecule has 0 aromatic heterocycles. The van der Waals surface area contributed by atoms with E-state index in [0.717, 1.165) is 25.8 Å². The molecule has 0 amide bonds. The van der Waals surface area contributed by atoms with Crippen molar-refractivity contribution in [3.8, 4) is 0 Å². The van der Waals surface area contributed by atoms with E-state index in [1.807, 2.05) is 18.2 Å². The minimum atomic E-state index is -0.714. The van der Waals surface area contributed by atoms with Crippen LogP contribution >= 0.6 is 0 Å². The van der Waals surface area contributed by atoms with Crippen LogP contribution in [0.15, 0.2) is 43.0 Å². The fourth-order valence-electron chi connectivity index (χ4n) is 2.37. The van der Waals surface area contributed by atoms with Crippen molar-refractivity contribution in [2.75, 3.05) is 0 Å². The van der Waals surface area contributed by atoms with Gasteiger partial charge in [0.15, 0.2) is 0 Å². The Hall–Kier alpha value is -1.12. The summed E-state index contributed by atoms with van der Waals surface area (Å²) in [5.74, 6) is 0. The standard InChI is InChI=1S/C14H19NO/c1-2-14(16)10-6-9-13(14)15-11-12-7-4-3-5-8-12/h2-5,7-8,13,15-16H,1,6,9-11H2/t13-,14+/m1/s1. The van der Waals surface area contributed by atoms with Crippen molar-refractivity contribution in [3.05, 3.63) is 48.6 Å². The molecule has 1 aliphatic carbocycles. The lowest BCUT2D eigenvalue weighted by molar-refractivity contribution is 0.0686. The summed E-state index contributed by atoms with van der Waals surface area (Å²) in [5, 5.41) is 13.7. The van der Waals surface area contributed by atoms with Crippen LogP contribution in [-0.4, -0.2) is 16.7 Å². The maximum Gasteiger partial charge on any atom is 0.0977 e. The molecule has 0 unspecified atom stereocenters. The maximum atomic E-state index is 10.3. The molecule has 16 heavy (non-hydrogen) atoms. The molecule has 2 rings (SSSR count). The van der Waals surface area contributed by atoms with E-state index in [1.165, 1.54) is 5.56 Å². The Kier molecular flexibility index (Phi) is 3.42. The van der Waals surface area contributed by atoms with Crippen LogP contribution in [0.25, 0.3) is 0 Å². The minimum Gasteiger partial charge on any atom is -0.384 e. The third kappa shape index (κ3) is 2.34. The van der Waals surface area contributed by atoms with Crippen LogP contribution in [-0.2, 0) is 6.54 Å². The highest BCUT2D eigenvalue weighted by Gasteiger charge is 2.37. The molecule has 1 saturated carbocycles. The maximum absolute atomic E-state index is 10.3. The van der Waals surface area contributed by atoms with Gasteiger partial charge in [0.05, 0.1) is 5.60 Å². The van der Waals surface area contributed by atoms with E-state index in [4.69, 9.17) is 0 Å². The first-order valence-electron chi connectivity index (χ1n) is 5.88. The zero-order chi connectivity index (χ0) is 11.4. The van der Waals surface area contributed by atoms with E-state index in [0.29, 0.717) is 0 Å². The van der Waals surface area contributed by atoms with Crippen molar-refractivity contribution in [2.24, 2.45) is 0 Å². The number of hydrogen-bond acceptors (Lipinski definition) is 2. The molecule has 1 aromatic carbocycles. The first-order valence-corrected chi connectivity index (χ1v) is 5.88. The number of nitrogens with one attached hydrogen (secondary N) is 1. The van der Waals surface area contributed by atoms with Crippen molar-refractivity contribution in [2.45, 2.75) is 37.5 Å². The van der Waals surface area contributed by atoms with Crippen LogP contribution in [0.2, 0.25) is 0 Å². The second-order valence-corrected chi connectivity index (χ2v) is 4.51. The van der Waals surface area contributed by atoms with Crippen LogP contribution < -0.4 is 5.32 Å². The van der Waals surface area contributed by atoms with Gasteiger partial charge in [-0.3, -0.25) is 0 Å². The van der Waals surface area contributed by atoms with Crippen molar-refractivity contribution in [3.63, 3.8) is 0 Å². The van der Waals surface area contributed by atoms with E-state index in [1.54, 1.807) is 6.08 Å². The average Bonchev–Trinajstić information content (AvgIpc) is 2.70. The van der Waals surface area contributed by atoms with E-state index >= 15 is 0 Å². The van der Waals surface area contributed by atoms with Gasteiger partial charge in [-0.2, -0.15) is 0 Å². The Morgan fingerprint density at radius 3 is 2.88 bits per heavy atom. The van der Waals surface area contributed by atoms with Crippen LogP contribution in [0.5, 0.6) is 0 Å². The molecule has 2 atom stereocenters. The third-order valence-corrected chi connectivity index (χ3v) is 3.42. The molecular formula is C14H19NO. The topological polar surface area (TPSA) is 32.3 Å². The zero-order valence-corrected chi connectivity index (χ0v) is 9.52. The van der Waals surface area contributed by atoms with E-state index in [-0.39, 0.29) is 6.04 Å². The van der Waals surface area contributed by atoms with Crippen LogP contribution in [0.3, 0.4) is 0 Å². The predicted octanol–water partition coefficient (Wildman–Crippen LogP) is 2.25. The fraction of sp³-hybridized carbons (Fsp3) is 0.429. The molecule has 0 heterocycles. The van der Waals surface area contributed by atoms with Crippen LogP contribution in [0.4, 0.5) is 0 Å². The molecule has 2 heteroatoms. The molecule has 1 fully saturated rings. The van der Waals surface area contributed by atoms with Crippen LogP contribution in [0.1, 0.15) is 24.8 Å². The third-order valence-electron chi connectivity index (χ3n) is 3.42. The molecule has 86 valence electrons. The largest absolute Gasteiger partial charge is 0.384 e. The summed E-state index contributed by atoms with van der Waals surface area (Å²) < 4.78 is 0. The number of rotatable bonds is 4. The number of aliphatic hydroxyl groups is 1. The summed E-state index contributed by atoms with van der Waals surface area (Å²) >= 11 is 0. The van der Waals surface area contributed by atoms with Gasteiger partial charge in [-0.15, -0.1) is 6.58 Å². The Balaban J connectivity index is 1.93. The molecule has 1 aliphatic rings. The number of benzene rings is 1. The second kappa shape index (κ2) is 4.81. The molecule has 0 saturated heterocycles. The Morgan fingerprint density at radius 1 is 1.44 bits per heavy atom. The van der Waals surface area contributed by atoms with Crippen LogP contribution in [0, 0.1) is 0 Å². The van der Waals surface area contributed by atoms with Crippen molar-refractivity contribution >= 4 is 0 Å². The normalized spacial score (nSPS) is 29.2. The second-order valence-electron chi connectivity index (χ2n) is 4.51. The SMILES string of the molecule is C=C[C@]1(O)CCC[C@H]1NCc1ccccc1. The van der Waals surface area contributed by atoms with Crippen molar-refractivity contribution in [1.29, 1.82) is 0 Å². The fourth-order valence-corrected chi connectivity index (χ4v) is 2.37. The molecule has 0 bridgehead atoms. The summed E-state index contributed by atoms with van der Waals surface area (Å²) in [7, 11) is 0. The summed E-state index contributed by atoms with van der Waals surface area (Å²) in [4.78, 5) is 0. The molecule has 2 nitrogen and oxygen atoms in total. The van der Waals surface area contributed by atoms with E-state index in [9.17, 15) is 5.11 Å². The first-order chi connectivity index (χ1) is 7.74. The lowest BCUT2D eigenvalue weighted by Gasteiger charge is -2.27. The summed E-state index contributed by atoms with van der Waals surface area (Å²) in [6.07, 6.45) is 4.59. The van der Waals surface area contributed by atoms with Gasteiger partial charge < -0.3 is 10.4 Å². The molecule has 1 aromatic rings. The van der Waals surface area contributed by atoms with Gasteiger partial charge in [0.25, 0.3) is 0 Å². The molecule has 0 radical (unpaired) electrons. The number of hydrogen-bond donors (Lipinski definition) is 2. The minimum absolute atomic E-state index is 0.144. The van der Waals surface area contributed by atoms with Gasteiger partial charge in [-0.25, -0.2) is 0 Å². The molecule has 0 spiro atoms. The molecule has 2 N–H and O–H groups in total. The van der Waals surface area contributed by atoms with Gasteiger partial charge >= 0.3 is 0 Å². The molecular weight excluding hydrogens is 198 g/mol. The van der Waals surface area contributed by atoms with Crippen molar-refractivity contribution in [1.82, 2.24) is 5.32 Å². The summed E-state index contributed by atoms with van der Waals surface area (Å²) in [6, 6.07) is 10.4. The van der Waals surface area contributed by atoms with Gasteiger partial charge in [-0.1, -0.05) is 36.4 Å². The Morgan fingerprint density at radius 2 is 2.19 bits per heavy atom. The lowest BCUT2D eigenvalue weighted by Crippen LogP contribution is -2.44. The highest BCUT2D eigenvalue weighted by molar-refractivity contribution is 5.15. The highest BCUT2D eigenvalue weighted by atomic mass is 16.3. The smallest absolute Gasteiger partial charge is 0.0977 e. The first kappa shape index (κ1) is 11.4. The highest BCUT2D eigenvalue weighted by Crippen LogP contribution is 2.31. The Labute approximate surface area is 97.0 Å². The van der Waals surface area contributed by atoms with Gasteiger partial charge in [-0.05, 0) is 24.8 Å². The Bertz CT molecular complexity index is 349. The van der Waals surface area contributed by atoms with Gasteiger partial charge in [0, 0.05) is 12.6 Å². The summed E-state index contributed by atoms with van der Waals surface area (Å²) in [6.45, 7) is 4.54. The van der Waals surface area contributed by atoms with E-state index in [2.05, 4.69) is 24.0 Å². The van der Waals surface area contributed by atoms with Crippen molar-refractivity contribution < 1.29 is 5.11 Å². The lowest BCUT2D eigenvalue weighted by atomic mass is 9.98. The summed E-state index contributed by atoms with van der Waals surface area (Å²) in [5.41, 5.74) is 0.537. The van der Waals surface area contributed by atoms with E-state index < -0.39 is 5.60 Å². The monoisotopic (exact) mass is 217 g/mol. The molecule has 0 aliphatic heterocycles. The quantitative estimate of drug-likeness (QED) is 0.758. The van der Waals surface area contributed by atoms with Gasteiger partial charge in [0.1, 0.15) is 0 Å². The predicted molar refractivity (Wildman–Crippen MR) is 66.1 cm³/mol. The average molecular weight is 217 g/mol.